The molecule has 0 fully saturated rings. The van der Waals surface area contributed by atoms with Crippen LogP contribution in [0, 0.1) is 11.6 Å². The maximum Gasteiger partial charge on any atom is 0.461 e. The number of carbonyl (C=O) groups excluding carboxylic acids is 1. The Morgan fingerprint density at radius 2 is 1.35 bits per heavy atom. The quantitative estimate of drug-likeness (QED) is 0.163. The van der Waals surface area contributed by atoms with Gasteiger partial charge in [0.05, 0.1) is 11.1 Å². The summed E-state index contributed by atoms with van der Waals surface area (Å²) in [5, 5.41) is 2.45. The van der Waals surface area contributed by atoms with Crippen LogP contribution in [0.3, 0.4) is 0 Å². The lowest BCUT2D eigenvalue weighted by Gasteiger charge is -2.37. The van der Waals surface area contributed by atoms with Crippen molar-refractivity contribution in [3.05, 3.63) is 130 Å². The molecule has 0 heterocycles. The molecule has 0 spiro atoms. The van der Waals surface area contributed by atoms with Crippen LogP contribution in [-0.2, 0) is 18.1 Å². The summed E-state index contributed by atoms with van der Waals surface area (Å²) in [5.74, 6) is -5.79. The van der Waals surface area contributed by atoms with E-state index in [1.54, 1.807) is 18.2 Å². The van der Waals surface area contributed by atoms with Crippen LogP contribution in [0.2, 0.25) is 0 Å². The van der Waals surface area contributed by atoms with Gasteiger partial charge in [-0.2, -0.15) is 39.5 Å². The highest BCUT2D eigenvalue weighted by Gasteiger charge is 2.45. The highest BCUT2D eigenvalue weighted by molar-refractivity contribution is 5.95. The summed E-state index contributed by atoms with van der Waals surface area (Å²) in [4.78, 5) is 13.6. The second kappa shape index (κ2) is 13.3. The maximum absolute atomic E-state index is 15.9. The first-order valence-electron chi connectivity index (χ1n) is 13.0. The van der Waals surface area contributed by atoms with E-state index < -0.39 is 77.3 Å². The van der Waals surface area contributed by atoms with Crippen molar-refractivity contribution in [1.29, 1.82) is 0 Å². The Kier molecular flexibility index (Phi) is 9.82. The number of alkyl halides is 9. The number of halogens is 11. The molecular weight excluding hydrogens is 643 g/mol. The molecule has 4 rings (SSSR count). The van der Waals surface area contributed by atoms with Crippen molar-refractivity contribution in [3.8, 4) is 11.5 Å². The summed E-state index contributed by atoms with van der Waals surface area (Å²) in [6.07, 6.45) is -14.9. The molecule has 4 aromatic rings. The Balaban J connectivity index is 1.93. The lowest BCUT2D eigenvalue weighted by molar-refractivity contribution is -0.253. The molecule has 0 aliphatic carbocycles. The molecule has 4 nitrogen and oxygen atoms in total. The van der Waals surface area contributed by atoms with Crippen LogP contribution in [0.25, 0.3) is 0 Å². The van der Waals surface area contributed by atoms with Crippen molar-refractivity contribution >= 4 is 5.91 Å². The van der Waals surface area contributed by atoms with Gasteiger partial charge >= 0.3 is 25.3 Å². The zero-order chi connectivity index (χ0) is 33.9. The summed E-state index contributed by atoms with van der Waals surface area (Å²) >= 11 is 0. The monoisotopic (exact) mass is 663 g/mol. The van der Waals surface area contributed by atoms with E-state index in [2.05, 4.69) is 14.8 Å². The summed E-state index contributed by atoms with van der Waals surface area (Å²) < 4.78 is 157. The molecule has 244 valence electrons. The van der Waals surface area contributed by atoms with Crippen LogP contribution in [0.5, 0.6) is 11.5 Å². The lowest BCUT2D eigenvalue weighted by Crippen LogP contribution is -2.49. The lowest BCUT2D eigenvalue weighted by atomic mass is 9.77. The number of carbonyl (C=O) groups is 1. The summed E-state index contributed by atoms with van der Waals surface area (Å²) in [5.41, 5.74) is -4.90. The number of hydrogen-bond donors (Lipinski definition) is 1. The minimum absolute atomic E-state index is 0.0741. The van der Waals surface area contributed by atoms with Gasteiger partial charge in [-0.25, -0.2) is 8.78 Å². The number of benzene rings is 4. The van der Waals surface area contributed by atoms with Crippen molar-refractivity contribution in [2.75, 3.05) is 0 Å². The molecule has 0 aromatic heterocycles. The van der Waals surface area contributed by atoms with Crippen molar-refractivity contribution in [3.63, 3.8) is 0 Å². The summed E-state index contributed by atoms with van der Waals surface area (Å²) in [6.45, 7) is -3.24. The van der Waals surface area contributed by atoms with Crippen molar-refractivity contribution in [2.45, 2.75) is 37.3 Å². The predicted octanol–water partition coefficient (Wildman–Crippen LogP) is 8.74. The molecule has 0 bridgehead atoms. The molecule has 1 N–H and O–H groups in total. The van der Waals surface area contributed by atoms with Crippen LogP contribution in [-0.4, -0.2) is 25.1 Å². The average molecular weight is 663 g/mol. The van der Waals surface area contributed by atoms with Gasteiger partial charge in [0.25, 0.3) is 5.91 Å². The minimum atomic E-state index is -5.20. The SMILES string of the molecule is O=C(NC(Cc1ccccc1)(c1ccc(OC(F)F)cc1)c1ccc(OC(F)(F)C(F)F)cc1F)c1ccc(F)c(C(F)(F)F)c1. The molecule has 46 heavy (non-hydrogen) atoms. The highest BCUT2D eigenvalue weighted by Crippen LogP contribution is 2.39. The van der Waals surface area contributed by atoms with E-state index in [-0.39, 0.29) is 17.4 Å². The summed E-state index contributed by atoms with van der Waals surface area (Å²) in [6, 6.07) is 15.2. The van der Waals surface area contributed by atoms with Crippen LogP contribution in [0.1, 0.15) is 32.6 Å². The van der Waals surface area contributed by atoms with Gasteiger partial charge in [-0.1, -0.05) is 42.5 Å². The largest absolute Gasteiger partial charge is 0.461 e. The number of ether oxygens (including phenoxy) is 2. The normalized spacial score (nSPS) is 13.4. The second-order valence-electron chi connectivity index (χ2n) is 9.72. The molecule has 0 saturated carbocycles. The van der Waals surface area contributed by atoms with E-state index in [9.17, 15) is 48.7 Å². The van der Waals surface area contributed by atoms with E-state index in [1.807, 2.05) is 0 Å². The van der Waals surface area contributed by atoms with E-state index in [0.717, 1.165) is 36.4 Å². The molecule has 0 saturated heterocycles. The zero-order valence-electron chi connectivity index (χ0n) is 22.9. The van der Waals surface area contributed by atoms with Crippen molar-refractivity contribution < 1.29 is 62.6 Å². The molecule has 4 aromatic carbocycles. The average Bonchev–Trinajstić information content (AvgIpc) is 2.97. The van der Waals surface area contributed by atoms with Gasteiger partial charge in [0, 0.05) is 23.6 Å². The van der Waals surface area contributed by atoms with Gasteiger partial charge in [-0.3, -0.25) is 4.79 Å². The molecule has 1 unspecified atom stereocenters. The fourth-order valence-electron chi connectivity index (χ4n) is 4.62. The van der Waals surface area contributed by atoms with Gasteiger partial charge in [-0.05, 0) is 53.6 Å². The van der Waals surface area contributed by atoms with E-state index >= 15 is 4.39 Å². The Morgan fingerprint density at radius 1 is 0.717 bits per heavy atom. The number of nitrogens with one attached hydrogen (secondary N) is 1. The topological polar surface area (TPSA) is 47.6 Å². The first kappa shape index (κ1) is 34.1. The molecule has 1 atom stereocenters. The molecular formula is C31H20F11NO3. The standard InChI is InChI=1S/C31H20F11NO3/c32-24-13-6-18(14-23(24)30(38,39)40)26(44)43-29(16-17-4-2-1-3-5-17,19-7-9-20(10-8-19)45-28(36)37)22-12-11-21(15-25(22)33)46-31(41,42)27(34)35/h1-15,27-28H,16H2,(H,43,44). The first-order valence-corrected chi connectivity index (χ1v) is 13.0. The maximum atomic E-state index is 15.9. The first-order chi connectivity index (χ1) is 21.5. The molecule has 0 aliphatic heterocycles. The van der Waals surface area contributed by atoms with Crippen LogP contribution in [0.15, 0.2) is 91.0 Å². The third kappa shape index (κ3) is 7.69. The van der Waals surface area contributed by atoms with Crippen molar-refractivity contribution in [2.24, 2.45) is 0 Å². The zero-order valence-corrected chi connectivity index (χ0v) is 22.9. The van der Waals surface area contributed by atoms with Crippen molar-refractivity contribution in [1.82, 2.24) is 5.32 Å². The van der Waals surface area contributed by atoms with E-state index in [4.69, 9.17) is 0 Å². The van der Waals surface area contributed by atoms with Crippen LogP contribution in [0.4, 0.5) is 48.3 Å². The van der Waals surface area contributed by atoms with Gasteiger partial charge in [-0.15, -0.1) is 0 Å². The molecule has 1 amide bonds. The van der Waals surface area contributed by atoms with Gasteiger partial charge in [0.15, 0.2) is 0 Å². The third-order valence-electron chi connectivity index (χ3n) is 6.65. The van der Waals surface area contributed by atoms with Gasteiger partial charge in [0.2, 0.25) is 0 Å². The van der Waals surface area contributed by atoms with E-state index in [0.29, 0.717) is 23.8 Å². The number of hydrogen-bond acceptors (Lipinski definition) is 3. The Hall–Kier alpha value is -4.82. The van der Waals surface area contributed by atoms with Crippen LogP contribution < -0.4 is 14.8 Å². The number of rotatable bonds is 11. The van der Waals surface area contributed by atoms with Crippen LogP contribution >= 0.6 is 0 Å². The molecule has 0 radical (unpaired) electrons. The highest BCUT2D eigenvalue weighted by atomic mass is 19.4. The second-order valence-corrected chi connectivity index (χ2v) is 9.72. The minimum Gasteiger partial charge on any atom is -0.435 e. The molecule has 15 heteroatoms. The Labute approximate surface area is 253 Å². The predicted molar refractivity (Wildman–Crippen MR) is 141 cm³/mol. The Morgan fingerprint density at radius 3 is 1.91 bits per heavy atom. The van der Waals surface area contributed by atoms with Gasteiger partial charge < -0.3 is 14.8 Å². The molecule has 0 aliphatic rings. The number of amides is 1. The fraction of sp³-hybridized carbons (Fsp3) is 0.194. The third-order valence-corrected chi connectivity index (χ3v) is 6.65. The smallest absolute Gasteiger partial charge is 0.435 e. The van der Waals surface area contributed by atoms with E-state index in [1.165, 1.54) is 12.1 Å². The fourth-order valence-corrected chi connectivity index (χ4v) is 4.62. The summed E-state index contributed by atoms with van der Waals surface area (Å²) in [7, 11) is 0. The van der Waals surface area contributed by atoms with Gasteiger partial charge in [0.1, 0.15) is 23.1 Å². The Bertz CT molecular complexity index is 1660.